The first-order chi connectivity index (χ1) is 14.4. The van der Waals surface area contributed by atoms with Crippen molar-refractivity contribution in [1.29, 1.82) is 0 Å². The molecule has 0 amide bonds. The van der Waals surface area contributed by atoms with Gasteiger partial charge in [-0.15, -0.1) is 13.2 Å². The molecule has 0 saturated heterocycles. The highest BCUT2D eigenvalue weighted by molar-refractivity contribution is 5.64. The molecule has 2 aromatic heterocycles. The van der Waals surface area contributed by atoms with Gasteiger partial charge < -0.3 is 19.9 Å². The SMILES string of the molecule is FC(F)(F)Oc1ccc(Nc2nccc(Nc3cc(-c4ccccc4)no3)n2)cc1. The van der Waals surface area contributed by atoms with E-state index < -0.39 is 6.36 Å². The molecular formula is C20H14F3N5O2. The third-order valence-corrected chi connectivity index (χ3v) is 3.83. The number of alkyl halides is 3. The number of nitrogens with zero attached hydrogens (tertiary/aromatic N) is 3. The Morgan fingerprint density at radius 1 is 0.900 bits per heavy atom. The van der Waals surface area contributed by atoms with Gasteiger partial charge in [0.15, 0.2) is 0 Å². The van der Waals surface area contributed by atoms with E-state index in [2.05, 4.69) is 30.5 Å². The first kappa shape index (κ1) is 19.2. The van der Waals surface area contributed by atoms with Crippen molar-refractivity contribution in [3.63, 3.8) is 0 Å². The van der Waals surface area contributed by atoms with E-state index in [0.717, 1.165) is 5.56 Å². The van der Waals surface area contributed by atoms with Crippen molar-refractivity contribution in [3.8, 4) is 17.0 Å². The van der Waals surface area contributed by atoms with Gasteiger partial charge >= 0.3 is 6.36 Å². The van der Waals surface area contributed by atoms with Gasteiger partial charge in [0.05, 0.1) is 0 Å². The molecule has 4 rings (SSSR count). The molecule has 4 aromatic rings. The number of anilines is 4. The van der Waals surface area contributed by atoms with Crippen LogP contribution in [0.5, 0.6) is 5.75 Å². The number of hydrogen-bond acceptors (Lipinski definition) is 7. The van der Waals surface area contributed by atoms with Crippen molar-refractivity contribution in [1.82, 2.24) is 15.1 Å². The molecule has 0 aliphatic rings. The molecule has 0 saturated carbocycles. The Balaban J connectivity index is 1.43. The zero-order valence-corrected chi connectivity index (χ0v) is 15.2. The molecule has 0 aliphatic heterocycles. The molecule has 0 unspecified atom stereocenters. The molecule has 0 radical (unpaired) electrons. The van der Waals surface area contributed by atoms with Gasteiger partial charge in [-0.05, 0) is 30.3 Å². The molecule has 0 atom stereocenters. The summed E-state index contributed by atoms with van der Waals surface area (Å²) in [5.41, 5.74) is 2.08. The molecule has 10 heteroatoms. The predicted molar refractivity (Wildman–Crippen MR) is 104 cm³/mol. The number of benzene rings is 2. The van der Waals surface area contributed by atoms with E-state index in [0.29, 0.717) is 23.1 Å². The van der Waals surface area contributed by atoms with Gasteiger partial charge in [-0.2, -0.15) is 4.98 Å². The summed E-state index contributed by atoms with van der Waals surface area (Å²) >= 11 is 0. The number of hydrogen-bond donors (Lipinski definition) is 2. The average molecular weight is 413 g/mol. The van der Waals surface area contributed by atoms with E-state index in [-0.39, 0.29) is 11.7 Å². The van der Waals surface area contributed by atoms with Gasteiger partial charge in [-0.25, -0.2) is 4.98 Å². The molecule has 0 spiro atoms. The summed E-state index contributed by atoms with van der Waals surface area (Å²) in [4.78, 5) is 8.39. The number of halogens is 3. The highest BCUT2D eigenvalue weighted by Crippen LogP contribution is 2.26. The maximum absolute atomic E-state index is 12.2. The first-order valence-corrected chi connectivity index (χ1v) is 8.70. The monoisotopic (exact) mass is 413 g/mol. The third kappa shape index (κ3) is 5.04. The van der Waals surface area contributed by atoms with Crippen LogP contribution in [0.4, 0.5) is 36.5 Å². The Kier molecular flexibility index (Phi) is 5.21. The van der Waals surface area contributed by atoms with Crippen molar-refractivity contribution >= 4 is 23.3 Å². The number of rotatable bonds is 6. The topological polar surface area (TPSA) is 85.1 Å². The maximum atomic E-state index is 12.2. The van der Waals surface area contributed by atoms with Crippen LogP contribution in [0.1, 0.15) is 0 Å². The van der Waals surface area contributed by atoms with Crippen molar-refractivity contribution in [2.24, 2.45) is 0 Å². The molecule has 152 valence electrons. The highest BCUT2D eigenvalue weighted by atomic mass is 19.4. The molecule has 7 nitrogen and oxygen atoms in total. The van der Waals surface area contributed by atoms with Crippen LogP contribution in [0.3, 0.4) is 0 Å². The van der Waals surface area contributed by atoms with E-state index in [1.165, 1.54) is 30.5 Å². The lowest BCUT2D eigenvalue weighted by Crippen LogP contribution is -2.17. The summed E-state index contributed by atoms with van der Waals surface area (Å²) in [6, 6.07) is 18.2. The summed E-state index contributed by atoms with van der Waals surface area (Å²) in [7, 11) is 0. The van der Waals surface area contributed by atoms with Crippen molar-refractivity contribution < 1.29 is 22.4 Å². The van der Waals surface area contributed by atoms with Gasteiger partial charge in [0.25, 0.3) is 0 Å². The lowest BCUT2D eigenvalue weighted by atomic mass is 10.2. The van der Waals surface area contributed by atoms with Crippen molar-refractivity contribution in [3.05, 3.63) is 72.9 Å². The van der Waals surface area contributed by atoms with E-state index >= 15 is 0 Å². The smallest absolute Gasteiger partial charge is 0.406 e. The first-order valence-electron chi connectivity index (χ1n) is 8.70. The maximum Gasteiger partial charge on any atom is 0.573 e. The van der Waals surface area contributed by atoms with Crippen LogP contribution in [-0.2, 0) is 0 Å². The number of ether oxygens (including phenoxy) is 1. The number of nitrogens with one attached hydrogen (secondary N) is 2. The van der Waals surface area contributed by atoms with Gasteiger partial charge in [0.2, 0.25) is 11.8 Å². The Bertz CT molecular complexity index is 1120. The lowest BCUT2D eigenvalue weighted by molar-refractivity contribution is -0.274. The van der Waals surface area contributed by atoms with Crippen LogP contribution in [-0.4, -0.2) is 21.5 Å². The standard InChI is InChI=1S/C20H14F3N5O2/c21-20(22,23)29-15-8-6-14(7-9-15)25-19-24-11-10-17(27-19)26-18-12-16(28-30-18)13-4-2-1-3-5-13/h1-12H,(H2,24,25,26,27). The van der Waals surface area contributed by atoms with Crippen LogP contribution >= 0.6 is 0 Å². The van der Waals surface area contributed by atoms with E-state index in [1.807, 2.05) is 30.3 Å². The molecule has 2 aromatic carbocycles. The molecule has 30 heavy (non-hydrogen) atoms. The lowest BCUT2D eigenvalue weighted by Gasteiger charge is -2.10. The fraction of sp³-hybridized carbons (Fsp3) is 0.0500. The Morgan fingerprint density at radius 3 is 2.40 bits per heavy atom. The molecule has 2 N–H and O–H groups in total. The van der Waals surface area contributed by atoms with Gasteiger partial charge in [0, 0.05) is 23.5 Å². The second kappa shape index (κ2) is 8.11. The molecule has 0 bridgehead atoms. The minimum absolute atomic E-state index is 0.243. The van der Waals surface area contributed by atoms with Crippen LogP contribution in [0.25, 0.3) is 11.3 Å². The zero-order valence-electron chi connectivity index (χ0n) is 15.2. The molecule has 0 fully saturated rings. The van der Waals surface area contributed by atoms with Gasteiger partial charge in [0.1, 0.15) is 17.3 Å². The minimum atomic E-state index is -4.74. The summed E-state index contributed by atoms with van der Waals surface area (Å²) in [5.74, 6) is 0.767. The summed E-state index contributed by atoms with van der Waals surface area (Å²) in [6.07, 6.45) is -3.22. The van der Waals surface area contributed by atoms with E-state index in [4.69, 9.17) is 4.52 Å². The van der Waals surface area contributed by atoms with E-state index in [9.17, 15) is 13.2 Å². The summed E-state index contributed by atoms with van der Waals surface area (Å²) in [5, 5.41) is 9.91. The predicted octanol–water partition coefficient (Wildman–Crippen LogP) is 5.52. The fourth-order valence-electron chi connectivity index (χ4n) is 2.56. The van der Waals surface area contributed by atoms with Crippen molar-refractivity contribution in [2.45, 2.75) is 6.36 Å². The second-order valence-electron chi connectivity index (χ2n) is 6.03. The molecule has 0 aliphatic carbocycles. The molecule has 2 heterocycles. The minimum Gasteiger partial charge on any atom is -0.406 e. The fourth-order valence-corrected chi connectivity index (χ4v) is 2.56. The van der Waals surface area contributed by atoms with Crippen molar-refractivity contribution in [2.75, 3.05) is 10.6 Å². The molecular weight excluding hydrogens is 399 g/mol. The highest BCUT2D eigenvalue weighted by Gasteiger charge is 2.30. The Hall–Kier alpha value is -4.08. The third-order valence-electron chi connectivity index (χ3n) is 3.83. The average Bonchev–Trinajstić information content (AvgIpc) is 3.18. The Labute approximate surface area is 168 Å². The number of aromatic nitrogens is 3. The van der Waals surface area contributed by atoms with E-state index in [1.54, 1.807) is 12.1 Å². The second-order valence-corrected chi connectivity index (χ2v) is 6.03. The summed E-state index contributed by atoms with van der Waals surface area (Å²) < 4.78 is 45.8. The van der Waals surface area contributed by atoms with Gasteiger partial charge in [-0.3, -0.25) is 0 Å². The van der Waals surface area contributed by atoms with Gasteiger partial charge in [-0.1, -0.05) is 35.5 Å². The van der Waals surface area contributed by atoms with Crippen LogP contribution < -0.4 is 15.4 Å². The quantitative estimate of drug-likeness (QED) is 0.431. The Morgan fingerprint density at radius 2 is 1.67 bits per heavy atom. The van der Waals surface area contributed by atoms with Crippen LogP contribution in [0.15, 0.2) is 77.4 Å². The zero-order chi connectivity index (χ0) is 21.0. The normalized spacial score (nSPS) is 11.2. The van der Waals surface area contributed by atoms with Crippen LogP contribution in [0, 0.1) is 0 Å². The van der Waals surface area contributed by atoms with Crippen LogP contribution in [0.2, 0.25) is 0 Å². The largest absolute Gasteiger partial charge is 0.573 e. The summed E-state index contributed by atoms with van der Waals surface area (Å²) in [6.45, 7) is 0.